The molecule has 0 unspecified atom stereocenters. The van der Waals surface area contributed by atoms with Crippen LogP contribution >= 0.6 is 0 Å². The van der Waals surface area contributed by atoms with Gasteiger partial charge in [0.2, 0.25) is 5.91 Å². The second-order valence-electron chi connectivity index (χ2n) is 4.41. The molecule has 0 saturated carbocycles. The molecule has 0 atom stereocenters. The zero-order valence-corrected chi connectivity index (χ0v) is 12.1. The number of nitrogens with one attached hydrogen (secondary N) is 2. The third-order valence-corrected chi connectivity index (χ3v) is 2.94. The number of amides is 1. The van der Waals surface area contributed by atoms with E-state index in [0.29, 0.717) is 22.3 Å². The van der Waals surface area contributed by atoms with E-state index in [2.05, 4.69) is 10.3 Å². The van der Waals surface area contributed by atoms with Crippen molar-refractivity contribution in [2.24, 2.45) is 0 Å². The number of aromatic amines is 1. The number of anilines is 2. The minimum Gasteiger partial charge on any atom is -0.495 e. The average molecular weight is 291 g/mol. The summed E-state index contributed by atoms with van der Waals surface area (Å²) in [6, 6.07) is 3.30. The van der Waals surface area contributed by atoms with E-state index in [-0.39, 0.29) is 23.9 Å². The van der Waals surface area contributed by atoms with Gasteiger partial charge in [-0.2, -0.15) is 0 Å². The van der Waals surface area contributed by atoms with Gasteiger partial charge in [0.05, 0.1) is 24.9 Å². The predicted octanol–water partition coefficient (Wildman–Crippen LogP) is 1.89. The molecule has 1 aromatic carbocycles. The molecular weight excluding hydrogens is 274 g/mol. The standard InChI is InChI=1S/C14H17N3O4/c1-4-21-14(19)12-8-5-11(20-3)10(16-7(2)18)6-9(8)17-13(12)15/h5-6,17H,4,15H2,1-3H3,(H,16,18). The average Bonchev–Trinajstić information content (AvgIpc) is 2.72. The number of H-pyrrole nitrogens is 1. The summed E-state index contributed by atoms with van der Waals surface area (Å²) in [6.07, 6.45) is 0. The molecule has 0 aliphatic heterocycles. The molecular formula is C14H17N3O4. The van der Waals surface area contributed by atoms with Crippen molar-refractivity contribution >= 4 is 34.3 Å². The lowest BCUT2D eigenvalue weighted by Crippen LogP contribution is -2.08. The summed E-state index contributed by atoms with van der Waals surface area (Å²) < 4.78 is 10.2. The van der Waals surface area contributed by atoms with Gasteiger partial charge in [-0.25, -0.2) is 4.79 Å². The highest BCUT2D eigenvalue weighted by Crippen LogP contribution is 2.34. The summed E-state index contributed by atoms with van der Waals surface area (Å²) in [7, 11) is 1.48. The van der Waals surface area contributed by atoms with E-state index in [1.807, 2.05) is 0 Å². The Balaban J connectivity index is 2.61. The zero-order chi connectivity index (χ0) is 15.6. The number of nitrogens with two attached hydrogens (primary N) is 1. The van der Waals surface area contributed by atoms with E-state index in [9.17, 15) is 9.59 Å². The van der Waals surface area contributed by atoms with Crippen molar-refractivity contribution in [3.05, 3.63) is 17.7 Å². The summed E-state index contributed by atoms with van der Waals surface area (Å²) in [6.45, 7) is 3.38. The molecule has 0 radical (unpaired) electrons. The molecule has 4 N–H and O–H groups in total. The summed E-state index contributed by atoms with van der Waals surface area (Å²) in [4.78, 5) is 26.1. The maximum absolute atomic E-state index is 12.0. The van der Waals surface area contributed by atoms with Gasteiger partial charge in [0.1, 0.15) is 17.1 Å². The Hall–Kier alpha value is -2.70. The van der Waals surface area contributed by atoms with Gasteiger partial charge in [-0.3, -0.25) is 4.79 Å². The van der Waals surface area contributed by atoms with Crippen LogP contribution in [0.5, 0.6) is 5.75 Å². The Labute approximate surface area is 121 Å². The van der Waals surface area contributed by atoms with Crippen molar-refractivity contribution in [3.8, 4) is 5.75 Å². The number of hydrogen-bond acceptors (Lipinski definition) is 5. The number of esters is 1. The molecule has 112 valence electrons. The molecule has 2 rings (SSSR count). The minimum atomic E-state index is -0.504. The third-order valence-electron chi connectivity index (χ3n) is 2.94. The fourth-order valence-corrected chi connectivity index (χ4v) is 2.12. The van der Waals surface area contributed by atoms with Crippen LogP contribution in [0.2, 0.25) is 0 Å². The highest BCUT2D eigenvalue weighted by molar-refractivity contribution is 6.10. The van der Waals surface area contributed by atoms with Crippen molar-refractivity contribution < 1.29 is 19.1 Å². The first kappa shape index (κ1) is 14.7. The second kappa shape index (κ2) is 5.74. The fourth-order valence-electron chi connectivity index (χ4n) is 2.12. The lowest BCUT2D eigenvalue weighted by atomic mass is 10.1. The molecule has 7 heteroatoms. The Morgan fingerprint density at radius 1 is 1.38 bits per heavy atom. The molecule has 21 heavy (non-hydrogen) atoms. The van der Waals surface area contributed by atoms with Gasteiger partial charge in [0, 0.05) is 12.3 Å². The molecule has 0 aliphatic carbocycles. The third kappa shape index (κ3) is 2.76. The van der Waals surface area contributed by atoms with Crippen molar-refractivity contribution in [2.75, 3.05) is 24.8 Å². The van der Waals surface area contributed by atoms with E-state index in [1.165, 1.54) is 14.0 Å². The van der Waals surface area contributed by atoms with Crippen molar-refractivity contribution in [1.82, 2.24) is 4.98 Å². The molecule has 0 bridgehead atoms. The van der Waals surface area contributed by atoms with Crippen LogP contribution in [0.15, 0.2) is 12.1 Å². The van der Waals surface area contributed by atoms with Gasteiger partial charge in [-0.15, -0.1) is 0 Å². The van der Waals surface area contributed by atoms with E-state index >= 15 is 0 Å². The first-order chi connectivity index (χ1) is 9.97. The van der Waals surface area contributed by atoms with E-state index in [4.69, 9.17) is 15.2 Å². The summed E-state index contributed by atoms with van der Waals surface area (Å²) >= 11 is 0. The molecule has 0 saturated heterocycles. The summed E-state index contributed by atoms with van der Waals surface area (Å²) in [5, 5.41) is 3.24. The first-order valence-electron chi connectivity index (χ1n) is 6.41. The molecule has 1 aromatic heterocycles. The van der Waals surface area contributed by atoms with Crippen LogP contribution in [0.4, 0.5) is 11.5 Å². The Morgan fingerprint density at radius 2 is 2.10 bits per heavy atom. The monoisotopic (exact) mass is 291 g/mol. The Kier molecular flexibility index (Phi) is 4.02. The number of carbonyl (C=O) groups excluding carboxylic acids is 2. The first-order valence-corrected chi connectivity index (χ1v) is 6.41. The Bertz CT molecular complexity index is 706. The molecule has 7 nitrogen and oxygen atoms in total. The minimum absolute atomic E-state index is 0.213. The van der Waals surface area contributed by atoms with Crippen LogP contribution in [0.1, 0.15) is 24.2 Å². The molecule has 0 fully saturated rings. The predicted molar refractivity (Wildman–Crippen MR) is 79.5 cm³/mol. The normalized spacial score (nSPS) is 10.4. The summed E-state index contributed by atoms with van der Waals surface area (Å²) in [5.41, 5.74) is 7.21. The van der Waals surface area contributed by atoms with Crippen LogP contribution in [-0.2, 0) is 9.53 Å². The maximum atomic E-state index is 12.0. The van der Waals surface area contributed by atoms with Crippen LogP contribution in [0.3, 0.4) is 0 Å². The second-order valence-corrected chi connectivity index (χ2v) is 4.41. The van der Waals surface area contributed by atoms with Crippen molar-refractivity contribution in [2.45, 2.75) is 13.8 Å². The van der Waals surface area contributed by atoms with Gasteiger partial charge in [-0.1, -0.05) is 0 Å². The van der Waals surface area contributed by atoms with Gasteiger partial charge >= 0.3 is 5.97 Å². The largest absolute Gasteiger partial charge is 0.495 e. The van der Waals surface area contributed by atoms with Crippen LogP contribution < -0.4 is 15.8 Å². The fraction of sp³-hybridized carbons (Fsp3) is 0.286. The van der Waals surface area contributed by atoms with E-state index in [0.717, 1.165) is 0 Å². The number of rotatable bonds is 4. The van der Waals surface area contributed by atoms with Crippen LogP contribution in [0.25, 0.3) is 10.9 Å². The SMILES string of the molecule is CCOC(=O)c1c(N)[nH]c2cc(NC(C)=O)c(OC)cc12. The lowest BCUT2D eigenvalue weighted by Gasteiger charge is -2.09. The lowest BCUT2D eigenvalue weighted by molar-refractivity contribution is -0.114. The number of ether oxygens (including phenoxy) is 2. The quantitative estimate of drug-likeness (QED) is 0.746. The van der Waals surface area contributed by atoms with Gasteiger partial charge < -0.3 is 25.5 Å². The van der Waals surface area contributed by atoms with E-state index < -0.39 is 5.97 Å². The number of carbonyl (C=O) groups is 2. The number of aromatic nitrogens is 1. The van der Waals surface area contributed by atoms with Gasteiger partial charge in [-0.05, 0) is 19.1 Å². The van der Waals surface area contributed by atoms with Crippen LogP contribution in [0, 0.1) is 0 Å². The molecule has 0 aliphatic rings. The molecule has 2 aromatic rings. The molecule has 1 heterocycles. The summed E-state index contributed by atoms with van der Waals surface area (Å²) in [5.74, 6) is -0.0823. The number of methoxy groups -OCH3 is 1. The van der Waals surface area contributed by atoms with Crippen molar-refractivity contribution in [1.29, 1.82) is 0 Å². The molecule has 1 amide bonds. The van der Waals surface area contributed by atoms with Gasteiger partial charge in [0.15, 0.2) is 0 Å². The smallest absolute Gasteiger partial charge is 0.342 e. The highest BCUT2D eigenvalue weighted by Gasteiger charge is 2.20. The van der Waals surface area contributed by atoms with Crippen molar-refractivity contribution in [3.63, 3.8) is 0 Å². The van der Waals surface area contributed by atoms with Gasteiger partial charge in [0.25, 0.3) is 0 Å². The highest BCUT2D eigenvalue weighted by atomic mass is 16.5. The number of hydrogen-bond donors (Lipinski definition) is 3. The number of nitrogen functional groups attached to an aromatic ring is 1. The molecule has 0 spiro atoms. The Morgan fingerprint density at radius 3 is 2.67 bits per heavy atom. The topological polar surface area (TPSA) is 106 Å². The number of benzene rings is 1. The van der Waals surface area contributed by atoms with E-state index in [1.54, 1.807) is 19.1 Å². The van der Waals surface area contributed by atoms with Crippen LogP contribution in [-0.4, -0.2) is 30.6 Å². The zero-order valence-electron chi connectivity index (χ0n) is 12.1. The number of fused-ring (bicyclic) bond motifs is 1. The maximum Gasteiger partial charge on any atom is 0.342 e.